The van der Waals surface area contributed by atoms with E-state index in [2.05, 4.69) is 77.4 Å². The number of aromatic nitrogens is 4. The van der Waals surface area contributed by atoms with Gasteiger partial charge in [0, 0.05) is 38.6 Å². The molecule has 69 heavy (non-hydrogen) atoms. The highest BCUT2D eigenvalue weighted by atomic mass is 15.0. The van der Waals surface area contributed by atoms with Gasteiger partial charge in [0.05, 0.1) is 63.3 Å². The highest BCUT2D eigenvalue weighted by Gasteiger charge is 2.24. The molecule has 0 fully saturated rings. The molecule has 0 saturated carbocycles. The van der Waals surface area contributed by atoms with E-state index < -0.39 is 0 Å². The third-order valence-corrected chi connectivity index (χ3v) is 12.4. The van der Waals surface area contributed by atoms with Crippen molar-refractivity contribution in [1.82, 2.24) is 19.5 Å². The third-order valence-electron chi connectivity index (χ3n) is 12.4. The summed E-state index contributed by atoms with van der Waals surface area (Å²) in [7, 11) is 0. The molecular formula is C61H34N8. The first-order chi connectivity index (χ1) is 34.0. The summed E-state index contributed by atoms with van der Waals surface area (Å²) in [4.78, 5) is 15.3. The van der Waals surface area contributed by atoms with E-state index >= 15 is 0 Å². The van der Waals surface area contributed by atoms with Crippen LogP contribution in [0.25, 0.3) is 106 Å². The molecule has 8 nitrogen and oxygen atoms in total. The van der Waals surface area contributed by atoms with Gasteiger partial charge in [-0.15, -0.1) is 0 Å². The van der Waals surface area contributed by atoms with E-state index in [9.17, 15) is 21.0 Å². The molecular weight excluding hydrogens is 845 g/mol. The van der Waals surface area contributed by atoms with Crippen LogP contribution in [0.2, 0.25) is 0 Å². The van der Waals surface area contributed by atoms with E-state index in [1.165, 1.54) is 0 Å². The van der Waals surface area contributed by atoms with Gasteiger partial charge in [-0.1, -0.05) is 121 Å². The van der Waals surface area contributed by atoms with Crippen molar-refractivity contribution in [2.75, 3.05) is 0 Å². The third kappa shape index (κ3) is 7.79. The summed E-state index contributed by atoms with van der Waals surface area (Å²) < 4.78 is 2.29. The molecule has 8 heteroatoms. The van der Waals surface area contributed by atoms with Crippen LogP contribution in [0.1, 0.15) is 22.3 Å². The van der Waals surface area contributed by atoms with Crippen LogP contribution >= 0.6 is 0 Å². The van der Waals surface area contributed by atoms with E-state index in [4.69, 9.17) is 15.0 Å². The summed E-state index contributed by atoms with van der Waals surface area (Å²) in [5, 5.41) is 41.5. The number of fused-ring (bicyclic) bond motifs is 3. The summed E-state index contributed by atoms with van der Waals surface area (Å²) in [6, 6.07) is 76.3. The van der Waals surface area contributed by atoms with Gasteiger partial charge in [-0.25, -0.2) is 15.0 Å². The molecule has 0 amide bonds. The van der Waals surface area contributed by atoms with Crippen molar-refractivity contribution in [3.05, 3.63) is 229 Å². The minimum Gasteiger partial charge on any atom is -0.308 e. The number of nitrogens with zero attached hydrogens (tertiary/aromatic N) is 8. The Hall–Kier alpha value is -10.3. The zero-order chi connectivity index (χ0) is 46.8. The van der Waals surface area contributed by atoms with Gasteiger partial charge in [0.2, 0.25) is 0 Å². The van der Waals surface area contributed by atoms with E-state index in [1.807, 2.05) is 146 Å². The molecule has 2 aromatic heterocycles. The molecule has 0 radical (unpaired) electrons. The Morgan fingerprint density at radius 3 is 1.06 bits per heavy atom. The molecule has 318 valence electrons. The quantitative estimate of drug-likeness (QED) is 0.148. The van der Waals surface area contributed by atoms with Crippen LogP contribution in [0.5, 0.6) is 0 Å². The number of hydrogen-bond acceptors (Lipinski definition) is 7. The number of benzene rings is 9. The fourth-order valence-electron chi connectivity index (χ4n) is 8.99. The highest BCUT2D eigenvalue weighted by molar-refractivity contribution is 6.13. The maximum absolute atomic E-state index is 9.95. The first kappa shape index (κ1) is 41.5. The van der Waals surface area contributed by atoms with Gasteiger partial charge in [-0.3, -0.25) is 0 Å². The number of nitriles is 4. The normalized spacial score (nSPS) is 10.8. The fraction of sp³-hybridized carbons (Fsp3) is 0. The van der Waals surface area contributed by atoms with Crippen LogP contribution in [-0.4, -0.2) is 19.5 Å². The lowest BCUT2D eigenvalue weighted by Gasteiger charge is -2.21. The van der Waals surface area contributed by atoms with Crippen molar-refractivity contribution in [3.8, 4) is 109 Å². The summed E-state index contributed by atoms with van der Waals surface area (Å²) in [5.41, 5.74) is 14.4. The molecule has 0 N–H and O–H groups in total. The molecule has 0 aliphatic carbocycles. The van der Waals surface area contributed by atoms with Gasteiger partial charge in [-0.05, 0) is 118 Å². The summed E-state index contributed by atoms with van der Waals surface area (Å²) in [5.74, 6) is 1.52. The molecule has 2 heterocycles. The van der Waals surface area contributed by atoms with Crippen LogP contribution in [0, 0.1) is 45.3 Å². The van der Waals surface area contributed by atoms with Crippen LogP contribution in [0.15, 0.2) is 206 Å². The maximum atomic E-state index is 9.95. The smallest absolute Gasteiger partial charge is 0.164 e. The van der Waals surface area contributed by atoms with Gasteiger partial charge >= 0.3 is 0 Å². The zero-order valence-corrected chi connectivity index (χ0v) is 36.7. The van der Waals surface area contributed by atoms with Crippen molar-refractivity contribution in [1.29, 1.82) is 21.0 Å². The molecule has 0 aliphatic heterocycles. The lowest BCUT2D eigenvalue weighted by Crippen LogP contribution is -2.04. The van der Waals surface area contributed by atoms with Crippen molar-refractivity contribution in [2.24, 2.45) is 0 Å². The summed E-state index contributed by atoms with van der Waals surface area (Å²) in [6.45, 7) is 0. The van der Waals surface area contributed by atoms with Crippen molar-refractivity contribution in [2.45, 2.75) is 0 Å². The Labute approximate surface area is 397 Å². The van der Waals surface area contributed by atoms with Gasteiger partial charge in [0.15, 0.2) is 17.5 Å². The predicted octanol–water partition coefficient (Wildman–Crippen LogP) is 14.1. The number of rotatable bonds is 8. The largest absolute Gasteiger partial charge is 0.308 e. The van der Waals surface area contributed by atoms with Gasteiger partial charge in [-0.2, -0.15) is 21.0 Å². The first-order valence-corrected chi connectivity index (χ1v) is 22.1. The molecule has 0 atom stereocenters. The summed E-state index contributed by atoms with van der Waals surface area (Å²) in [6.07, 6.45) is 0. The molecule has 0 unspecified atom stereocenters. The van der Waals surface area contributed by atoms with Gasteiger partial charge < -0.3 is 4.57 Å². The van der Waals surface area contributed by atoms with Gasteiger partial charge in [0.25, 0.3) is 0 Å². The minimum absolute atomic E-state index is 0.467. The average Bonchev–Trinajstić information content (AvgIpc) is 3.75. The molecule has 11 aromatic rings. The van der Waals surface area contributed by atoms with Crippen LogP contribution in [-0.2, 0) is 0 Å². The Bertz CT molecular complexity index is 3730. The topological polar surface area (TPSA) is 139 Å². The van der Waals surface area contributed by atoms with Crippen molar-refractivity contribution >= 4 is 21.8 Å². The lowest BCUT2D eigenvalue weighted by atomic mass is 9.91. The maximum Gasteiger partial charge on any atom is 0.164 e. The standard InChI is InChI=1S/C61H34N8/c62-35-39-17-21-43(22-18-39)52-33-51(61-67-59(45-11-3-1-4-12-45)66-60(68-61)46-13-5-2-6-14-46)34-53(44-23-19-40(36-63)20-24-44)58(52)69-56-27-25-49(47-15-7-9-41(29-47)37-64)31-54(56)55-32-50(26-28-57(55)69)48-16-8-10-42(30-48)38-65/h1-34H. The molecule has 0 saturated heterocycles. The van der Waals surface area contributed by atoms with Crippen LogP contribution in [0.3, 0.4) is 0 Å². The van der Waals surface area contributed by atoms with Crippen LogP contribution < -0.4 is 0 Å². The second-order valence-electron chi connectivity index (χ2n) is 16.5. The molecule has 0 spiro atoms. The predicted molar refractivity (Wildman–Crippen MR) is 271 cm³/mol. The Balaban J connectivity index is 1.26. The van der Waals surface area contributed by atoms with E-state index in [1.54, 1.807) is 12.1 Å². The Morgan fingerprint density at radius 2 is 0.652 bits per heavy atom. The van der Waals surface area contributed by atoms with Crippen molar-refractivity contribution in [3.63, 3.8) is 0 Å². The van der Waals surface area contributed by atoms with E-state index in [0.717, 1.165) is 88.7 Å². The summed E-state index contributed by atoms with van der Waals surface area (Å²) >= 11 is 0. The molecule has 11 rings (SSSR count). The van der Waals surface area contributed by atoms with E-state index in [0.29, 0.717) is 39.7 Å². The SMILES string of the molecule is N#Cc1ccc(-c2cc(-c3nc(-c4ccccc4)nc(-c4ccccc4)n3)cc(-c3ccc(C#N)cc3)c2-n2c3ccc(-c4cccc(C#N)c4)cc3c3cc(-c4cccc(C#N)c4)ccc32)cc1. The van der Waals surface area contributed by atoms with Gasteiger partial charge in [0.1, 0.15) is 0 Å². The minimum atomic E-state index is 0.467. The zero-order valence-electron chi connectivity index (χ0n) is 36.7. The molecule has 0 aliphatic rings. The van der Waals surface area contributed by atoms with E-state index in [-0.39, 0.29) is 0 Å². The second-order valence-corrected chi connectivity index (χ2v) is 16.5. The first-order valence-electron chi connectivity index (χ1n) is 22.1. The monoisotopic (exact) mass is 878 g/mol. The van der Waals surface area contributed by atoms with Crippen molar-refractivity contribution < 1.29 is 0 Å². The lowest BCUT2D eigenvalue weighted by molar-refractivity contribution is 1.07. The van der Waals surface area contributed by atoms with Crippen LogP contribution in [0.4, 0.5) is 0 Å². The Morgan fingerprint density at radius 1 is 0.290 bits per heavy atom. The second kappa shape index (κ2) is 17.6. The fourth-order valence-corrected chi connectivity index (χ4v) is 8.99. The number of hydrogen-bond donors (Lipinski definition) is 0. The molecule has 9 aromatic carbocycles. The average molecular weight is 879 g/mol. The highest BCUT2D eigenvalue weighted by Crippen LogP contribution is 2.45. The Kier molecular flexibility index (Phi) is 10.6. The molecule has 0 bridgehead atoms.